The maximum absolute atomic E-state index is 5.46. The summed E-state index contributed by atoms with van der Waals surface area (Å²) in [5, 5.41) is 0. The van der Waals surface area contributed by atoms with Crippen molar-refractivity contribution in [2.24, 2.45) is 5.84 Å². The van der Waals surface area contributed by atoms with E-state index in [1.165, 1.54) is 0 Å². The summed E-state index contributed by atoms with van der Waals surface area (Å²) < 4.78 is 5.46. The molecule has 1 aromatic rings. The number of hydrazine groups is 1. The van der Waals surface area contributed by atoms with Gasteiger partial charge >= 0.3 is 0 Å². The van der Waals surface area contributed by atoms with Gasteiger partial charge in [-0.15, -0.1) is 0 Å². The van der Waals surface area contributed by atoms with Crippen molar-refractivity contribution in [3.05, 3.63) is 11.9 Å². The van der Waals surface area contributed by atoms with Gasteiger partial charge in [0.2, 0.25) is 0 Å². The number of nitrogens with zero attached hydrogens (tertiary/aromatic N) is 3. The van der Waals surface area contributed by atoms with Gasteiger partial charge in [-0.2, -0.15) is 0 Å². The van der Waals surface area contributed by atoms with E-state index in [0.29, 0.717) is 5.82 Å². The lowest BCUT2D eigenvalue weighted by molar-refractivity contribution is 0.152. The molecule has 1 aliphatic rings. The fraction of sp³-hybridized carbons (Fsp3) is 0.667. The van der Waals surface area contributed by atoms with E-state index in [1.54, 1.807) is 0 Å². The van der Waals surface area contributed by atoms with Crippen molar-refractivity contribution in [2.75, 3.05) is 36.6 Å². The molecule has 0 saturated carbocycles. The van der Waals surface area contributed by atoms with E-state index >= 15 is 0 Å². The van der Waals surface area contributed by atoms with Crippen molar-refractivity contribution in [3.8, 4) is 0 Å². The first-order valence-corrected chi connectivity index (χ1v) is 6.39. The number of nitrogen functional groups attached to an aromatic ring is 1. The van der Waals surface area contributed by atoms with Gasteiger partial charge in [-0.3, -0.25) is 0 Å². The van der Waals surface area contributed by atoms with Crippen LogP contribution >= 0.6 is 0 Å². The minimum atomic E-state index is 0.278. The molecule has 0 spiro atoms. The lowest BCUT2D eigenvalue weighted by Gasteiger charge is -2.22. The van der Waals surface area contributed by atoms with E-state index < -0.39 is 0 Å². The Morgan fingerprint density at radius 1 is 1.33 bits per heavy atom. The number of nitrogens with two attached hydrogens (primary N) is 1. The number of anilines is 2. The van der Waals surface area contributed by atoms with E-state index in [4.69, 9.17) is 10.6 Å². The normalized spacial score (nSPS) is 16.8. The van der Waals surface area contributed by atoms with Crippen molar-refractivity contribution in [1.82, 2.24) is 9.97 Å². The van der Waals surface area contributed by atoms with Gasteiger partial charge in [0.1, 0.15) is 17.5 Å². The second kappa shape index (κ2) is 5.97. The van der Waals surface area contributed by atoms with E-state index in [-0.39, 0.29) is 5.92 Å². The zero-order valence-electron chi connectivity index (χ0n) is 11.0. The Labute approximate surface area is 108 Å². The quantitative estimate of drug-likeness (QED) is 0.619. The van der Waals surface area contributed by atoms with Crippen LogP contribution < -0.4 is 16.2 Å². The topological polar surface area (TPSA) is 76.3 Å². The Morgan fingerprint density at radius 2 is 2.17 bits per heavy atom. The highest BCUT2D eigenvalue weighted by Gasteiger charge is 2.15. The molecule has 1 saturated heterocycles. The fourth-order valence-corrected chi connectivity index (χ4v) is 1.92. The molecule has 0 amide bonds. The van der Waals surface area contributed by atoms with Crippen LogP contribution in [0.3, 0.4) is 0 Å². The molecule has 3 N–H and O–H groups in total. The summed E-state index contributed by atoms with van der Waals surface area (Å²) in [6, 6.07) is 1.89. The molecule has 2 heterocycles. The number of hydrogen-bond donors (Lipinski definition) is 2. The monoisotopic (exact) mass is 251 g/mol. The van der Waals surface area contributed by atoms with Crippen molar-refractivity contribution < 1.29 is 4.74 Å². The van der Waals surface area contributed by atoms with Gasteiger partial charge in [0.15, 0.2) is 0 Å². The van der Waals surface area contributed by atoms with Crippen LogP contribution in [0.5, 0.6) is 0 Å². The van der Waals surface area contributed by atoms with Crippen LogP contribution in [0.2, 0.25) is 0 Å². The Morgan fingerprint density at radius 3 is 2.89 bits per heavy atom. The van der Waals surface area contributed by atoms with E-state index in [2.05, 4.69) is 34.1 Å². The minimum absolute atomic E-state index is 0.278. The predicted molar refractivity (Wildman–Crippen MR) is 71.6 cm³/mol. The second-order valence-electron chi connectivity index (χ2n) is 4.72. The third kappa shape index (κ3) is 3.08. The van der Waals surface area contributed by atoms with E-state index in [0.717, 1.165) is 44.4 Å². The van der Waals surface area contributed by atoms with Crippen LogP contribution in [0.4, 0.5) is 11.6 Å². The molecule has 0 radical (unpaired) electrons. The van der Waals surface area contributed by atoms with Crippen molar-refractivity contribution in [1.29, 1.82) is 0 Å². The number of nitrogens with one attached hydrogen (secondary N) is 1. The fourth-order valence-electron chi connectivity index (χ4n) is 1.92. The summed E-state index contributed by atoms with van der Waals surface area (Å²) in [6.45, 7) is 7.53. The zero-order chi connectivity index (χ0) is 13.0. The summed E-state index contributed by atoms with van der Waals surface area (Å²) in [5.41, 5.74) is 2.61. The SMILES string of the molecule is CC(C)c1nc(NN)cc(N2CCCOCC2)n1. The molecular weight excluding hydrogens is 230 g/mol. The highest BCUT2D eigenvalue weighted by Crippen LogP contribution is 2.20. The first kappa shape index (κ1) is 13.0. The largest absolute Gasteiger partial charge is 0.380 e. The molecule has 1 aromatic heterocycles. The average Bonchev–Trinajstić information content (AvgIpc) is 2.67. The van der Waals surface area contributed by atoms with Crippen LogP contribution in [0, 0.1) is 0 Å². The number of ether oxygens (including phenoxy) is 1. The van der Waals surface area contributed by atoms with E-state index in [1.807, 2.05) is 6.07 Å². The average molecular weight is 251 g/mol. The molecule has 6 heteroatoms. The predicted octanol–water partition coefficient (Wildman–Crippen LogP) is 1.11. The molecule has 0 atom stereocenters. The molecule has 0 aliphatic carbocycles. The molecule has 100 valence electrons. The maximum Gasteiger partial charge on any atom is 0.145 e. The van der Waals surface area contributed by atoms with Crippen LogP contribution in [0.1, 0.15) is 32.0 Å². The molecular formula is C12H21N5O. The van der Waals surface area contributed by atoms with Crippen LogP contribution in [-0.2, 0) is 4.74 Å². The summed E-state index contributed by atoms with van der Waals surface area (Å²) in [6.07, 6.45) is 1.02. The second-order valence-corrected chi connectivity index (χ2v) is 4.72. The number of aromatic nitrogens is 2. The summed E-state index contributed by atoms with van der Waals surface area (Å²) in [5.74, 6) is 8.14. The first-order valence-electron chi connectivity index (χ1n) is 6.39. The zero-order valence-corrected chi connectivity index (χ0v) is 11.0. The molecule has 1 aliphatic heterocycles. The maximum atomic E-state index is 5.46. The van der Waals surface area contributed by atoms with Gasteiger partial charge in [0.05, 0.1) is 6.61 Å². The minimum Gasteiger partial charge on any atom is -0.380 e. The van der Waals surface area contributed by atoms with Gasteiger partial charge < -0.3 is 15.1 Å². The first-order chi connectivity index (χ1) is 8.70. The molecule has 18 heavy (non-hydrogen) atoms. The summed E-state index contributed by atoms with van der Waals surface area (Å²) in [7, 11) is 0. The standard InChI is InChI=1S/C12H21N5O/c1-9(2)12-14-10(16-13)8-11(15-12)17-4-3-6-18-7-5-17/h8-9H,3-7,13H2,1-2H3,(H,14,15,16). The summed E-state index contributed by atoms with van der Waals surface area (Å²) in [4.78, 5) is 11.2. The highest BCUT2D eigenvalue weighted by molar-refractivity contribution is 5.49. The van der Waals surface area contributed by atoms with Gasteiger partial charge in [-0.05, 0) is 6.42 Å². The van der Waals surface area contributed by atoms with Gasteiger partial charge in [0.25, 0.3) is 0 Å². The third-order valence-electron chi connectivity index (χ3n) is 2.94. The van der Waals surface area contributed by atoms with Crippen molar-refractivity contribution >= 4 is 11.6 Å². The van der Waals surface area contributed by atoms with E-state index in [9.17, 15) is 0 Å². The Bertz CT molecular complexity index is 388. The Hall–Kier alpha value is -1.40. The van der Waals surface area contributed by atoms with Crippen molar-refractivity contribution in [3.63, 3.8) is 0 Å². The molecule has 0 unspecified atom stereocenters. The highest BCUT2D eigenvalue weighted by atomic mass is 16.5. The molecule has 0 bridgehead atoms. The molecule has 1 fully saturated rings. The van der Waals surface area contributed by atoms with Crippen LogP contribution in [0.25, 0.3) is 0 Å². The smallest absolute Gasteiger partial charge is 0.145 e. The lowest BCUT2D eigenvalue weighted by atomic mass is 10.2. The lowest BCUT2D eigenvalue weighted by Crippen LogP contribution is -2.27. The third-order valence-corrected chi connectivity index (χ3v) is 2.94. The number of rotatable bonds is 3. The van der Waals surface area contributed by atoms with Gasteiger partial charge in [0, 0.05) is 31.7 Å². The van der Waals surface area contributed by atoms with Crippen LogP contribution in [0.15, 0.2) is 6.07 Å². The van der Waals surface area contributed by atoms with Crippen LogP contribution in [-0.4, -0.2) is 36.3 Å². The Balaban J connectivity index is 2.27. The molecule has 0 aromatic carbocycles. The molecule has 2 rings (SSSR count). The van der Waals surface area contributed by atoms with Gasteiger partial charge in [-0.1, -0.05) is 13.8 Å². The Kier molecular flexibility index (Phi) is 4.33. The van der Waals surface area contributed by atoms with Crippen molar-refractivity contribution in [2.45, 2.75) is 26.2 Å². The molecule has 6 nitrogen and oxygen atoms in total. The summed E-state index contributed by atoms with van der Waals surface area (Å²) >= 11 is 0. The number of hydrogen-bond acceptors (Lipinski definition) is 6. The van der Waals surface area contributed by atoms with Gasteiger partial charge in [-0.25, -0.2) is 15.8 Å².